The summed E-state index contributed by atoms with van der Waals surface area (Å²) in [5, 5.41) is 3.53. The van der Waals surface area contributed by atoms with Crippen LogP contribution in [-0.4, -0.2) is 49.1 Å². The van der Waals surface area contributed by atoms with E-state index in [0.717, 1.165) is 12.6 Å². The zero-order valence-electron chi connectivity index (χ0n) is 9.59. The van der Waals surface area contributed by atoms with E-state index in [9.17, 15) is 0 Å². The van der Waals surface area contributed by atoms with E-state index < -0.39 is 0 Å². The smallest absolute Gasteiger partial charge is 0.0207 e. The SMILES string of the molecule is CCNC1CCN(CCCCSC)C1. The molecule has 0 amide bonds. The number of hydrogen-bond acceptors (Lipinski definition) is 3. The van der Waals surface area contributed by atoms with Crippen molar-refractivity contribution >= 4 is 11.8 Å². The molecule has 0 spiro atoms. The van der Waals surface area contributed by atoms with Gasteiger partial charge >= 0.3 is 0 Å². The van der Waals surface area contributed by atoms with Crippen LogP contribution < -0.4 is 5.32 Å². The van der Waals surface area contributed by atoms with Gasteiger partial charge in [0.25, 0.3) is 0 Å². The predicted molar refractivity (Wildman–Crippen MR) is 66.1 cm³/mol. The van der Waals surface area contributed by atoms with Crippen molar-refractivity contribution < 1.29 is 0 Å². The molecule has 3 heteroatoms. The Balaban J connectivity index is 1.98. The fourth-order valence-electron chi connectivity index (χ4n) is 2.07. The molecule has 84 valence electrons. The highest BCUT2D eigenvalue weighted by Gasteiger charge is 2.20. The molecule has 1 heterocycles. The summed E-state index contributed by atoms with van der Waals surface area (Å²) in [6.45, 7) is 7.19. The summed E-state index contributed by atoms with van der Waals surface area (Å²) in [4.78, 5) is 2.60. The lowest BCUT2D eigenvalue weighted by molar-refractivity contribution is 0.323. The first-order valence-electron chi connectivity index (χ1n) is 5.81. The molecule has 1 N–H and O–H groups in total. The first-order valence-corrected chi connectivity index (χ1v) is 7.21. The third-order valence-electron chi connectivity index (χ3n) is 2.84. The van der Waals surface area contributed by atoms with Gasteiger partial charge in [0.1, 0.15) is 0 Å². The molecule has 1 aliphatic heterocycles. The molecule has 1 aliphatic rings. The maximum Gasteiger partial charge on any atom is 0.0207 e. The molecule has 0 aliphatic carbocycles. The summed E-state index contributed by atoms with van der Waals surface area (Å²) in [7, 11) is 0. The van der Waals surface area contributed by atoms with E-state index in [4.69, 9.17) is 0 Å². The third kappa shape index (κ3) is 4.67. The van der Waals surface area contributed by atoms with Crippen LogP contribution in [0.4, 0.5) is 0 Å². The average molecular weight is 216 g/mol. The van der Waals surface area contributed by atoms with Gasteiger partial charge in [-0.3, -0.25) is 0 Å². The number of likely N-dealkylation sites (tertiary alicyclic amines) is 1. The number of nitrogens with zero attached hydrogens (tertiary/aromatic N) is 1. The maximum absolute atomic E-state index is 3.53. The average Bonchev–Trinajstić information content (AvgIpc) is 2.61. The lowest BCUT2D eigenvalue weighted by atomic mass is 10.3. The molecule has 1 unspecified atom stereocenters. The number of thioether (sulfide) groups is 1. The molecule has 1 fully saturated rings. The molecular formula is C11H24N2S. The van der Waals surface area contributed by atoms with E-state index in [-0.39, 0.29) is 0 Å². The van der Waals surface area contributed by atoms with Crippen molar-refractivity contribution in [2.75, 3.05) is 38.2 Å². The Morgan fingerprint density at radius 1 is 1.43 bits per heavy atom. The Morgan fingerprint density at radius 2 is 2.29 bits per heavy atom. The van der Waals surface area contributed by atoms with E-state index in [2.05, 4.69) is 23.4 Å². The number of nitrogens with one attached hydrogen (secondary N) is 1. The van der Waals surface area contributed by atoms with E-state index >= 15 is 0 Å². The highest BCUT2D eigenvalue weighted by molar-refractivity contribution is 7.98. The van der Waals surface area contributed by atoms with Crippen LogP contribution >= 0.6 is 11.8 Å². The van der Waals surface area contributed by atoms with Gasteiger partial charge in [0.15, 0.2) is 0 Å². The normalized spacial score (nSPS) is 23.1. The van der Waals surface area contributed by atoms with Crippen LogP contribution in [0.15, 0.2) is 0 Å². The summed E-state index contributed by atoms with van der Waals surface area (Å²) >= 11 is 1.96. The second-order valence-corrected chi connectivity index (χ2v) is 5.03. The Bertz CT molecular complexity index is 141. The van der Waals surface area contributed by atoms with Gasteiger partial charge in [0, 0.05) is 12.6 Å². The molecular weight excluding hydrogens is 192 g/mol. The maximum atomic E-state index is 3.53. The van der Waals surface area contributed by atoms with Gasteiger partial charge in [-0.1, -0.05) is 6.92 Å². The molecule has 0 aromatic heterocycles. The van der Waals surface area contributed by atoms with Crippen molar-refractivity contribution in [3.8, 4) is 0 Å². The summed E-state index contributed by atoms with van der Waals surface area (Å²) in [6, 6.07) is 0.764. The van der Waals surface area contributed by atoms with E-state index in [0.29, 0.717) is 0 Å². The minimum atomic E-state index is 0.764. The van der Waals surface area contributed by atoms with Crippen molar-refractivity contribution in [2.24, 2.45) is 0 Å². The van der Waals surface area contributed by atoms with Crippen LogP contribution in [0.1, 0.15) is 26.2 Å². The zero-order valence-corrected chi connectivity index (χ0v) is 10.4. The molecule has 2 nitrogen and oxygen atoms in total. The number of unbranched alkanes of at least 4 members (excludes halogenated alkanes) is 1. The highest BCUT2D eigenvalue weighted by Crippen LogP contribution is 2.10. The van der Waals surface area contributed by atoms with Crippen LogP contribution in [-0.2, 0) is 0 Å². The summed E-state index contributed by atoms with van der Waals surface area (Å²) in [5.41, 5.74) is 0. The quantitative estimate of drug-likeness (QED) is 0.654. The Morgan fingerprint density at radius 3 is 3.00 bits per heavy atom. The minimum Gasteiger partial charge on any atom is -0.313 e. The molecule has 0 bridgehead atoms. The second-order valence-electron chi connectivity index (χ2n) is 4.04. The van der Waals surface area contributed by atoms with Crippen LogP contribution in [0.3, 0.4) is 0 Å². The lowest BCUT2D eigenvalue weighted by Gasteiger charge is -2.15. The van der Waals surface area contributed by atoms with Gasteiger partial charge in [-0.15, -0.1) is 0 Å². The summed E-state index contributed by atoms with van der Waals surface area (Å²) in [5.74, 6) is 1.32. The van der Waals surface area contributed by atoms with Gasteiger partial charge in [-0.25, -0.2) is 0 Å². The van der Waals surface area contributed by atoms with E-state index in [1.807, 2.05) is 11.8 Å². The Labute approximate surface area is 92.8 Å². The fourth-order valence-corrected chi connectivity index (χ4v) is 2.57. The summed E-state index contributed by atoms with van der Waals surface area (Å²) in [6.07, 6.45) is 6.29. The third-order valence-corrected chi connectivity index (χ3v) is 3.53. The molecule has 0 radical (unpaired) electrons. The van der Waals surface area contributed by atoms with Gasteiger partial charge < -0.3 is 10.2 Å². The van der Waals surface area contributed by atoms with Crippen molar-refractivity contribution in [1.82, 2.24) is 10.2 Å². The summed E-state index contributed by atoms with van der Waals surface area (Å²) < 4.78 is 0. The molecule has 14 heavy (non-hydrogen) atoms. The van der Waals surface area contributed by atoms with Crippen molar-refractivity contribution in [1.29, 1.82) is 0 Å². The molecule has 1 rings (SSSR count). The molecule has 0 aromatic carbocycles. The van der Waals surface area contributed by atoms with Crippen molar-refractivity contribution in [2.45, 2.75) is 32.2 Å². The lowest BCUT2D eigenvalue weighted by Crippen LogP contribution is -2.32. The number of hydrogen-bond donors (Lipinski definition) is 1. The molecule has 1 atom stereocenters. The Hall–Kier alpha value is 0.270. The van der Waals surface area contributed by atoms with Gasteiger partial charge in [0.2, 0.25) is 0 Å². The van der Waals surface area contributed by atoms with Crippen molar-refractivity contribution in [3.05, 3.63) is 0 Å². The molecule has 1 saturated heterocycles. The topological polar surface area (TPSA) is 15.3 Å². The second kappa shape index (κ2) is 7.55. The monoisotopic (exact) mass is 216 g/mol. The number of rotatable bonds is 7. The minimum absolute atomic E-state index is 0.764. The first-order chi connectivity index (χ1) is 6.86. The van der Waals surface area contributed by atoms with E-state index in [1.165, 1.54) is 44.6 Å². The zero-order chi connectivity index (χ0) is 10.2. The predicted octanol–water partition coefficient (Wildman–Crippen LogP) is 1.81. The van der Waals surface area contributed by atoms with Crippen LogP contribution in [0.25, 0.3) is 0 Å². The van der Waals surface area contributed by atoms with Crippen LogP contribution in [0, 0.1) is 0 Å². The van der Waals surface area contributed by atoms with Crippen LogP contribution in [0.5, 0.6) is 0 Å². The van der Waals surface area contributed by atoms with Gasteiger partial charge in [-0.05, 0) is 50.9 Å². The standard InChI is InChI=1S/C11H24N2S/c1-3-12-11-6-8-13(10-11)7-4-5-9-14-2/h11-12H,3-10H2,1-2H3. The van der Waals surface area contributed by atoms with Gasteiger partial charge in [0.05, 0.1) is 0 Å². The Kier molecular flexibility index (Phi) is 6.65. The first kappa shape index (κ1) is 12.3. The van der Waals surface area contributed by atoms with Crippen molar-refractivity contribution in [3.63, 3.8) is 0 Å². The van der Waals surface area contributed by atoms with Gasteiger partial charge in [-0.2, -0.15) is 11.8 Å². The largest absolute Gasteiger partial charge is 0.313 e. The number of likely N-dealkylation sites (N-methyl/N-ethyl adjacent to an activating group) is 1. The fraction of sp³-hybridized carbons (Fsp3) is 1.00. The van der Waals surface area contributed by atoms with Crippen LogP contribution in [0.2, 0.25) is 0 Å². The highest BCUT2D eigenvalue weighted by atomic mass is 32.2. The molecule has 0 saturated carbocycles. The van der Waals surface area contributed by atoms with E-state index in [1.54, 1.807) is 0 Å². The molecule has 0 aromatic rings.